The zero-order chi connectivity index (χ0) is 12.7. The topological polar surface area (TPSA) is 81.9 Å². The first-order chi connectivity index (χ1) is 8.19. The summed E-state index contributed by atoms with van der Waals surface area (Å²) in [4.78, 5) is 13.6. The second-order valence-electron chi connectivity index (χ2n) is 3.70. The number of isocyanates is 1. The zero-order valence-electron chi connectivity index (χ0n) is 9.63. The standard InChI is InChI=1S/C12H16N2O3/c1-13-6-5-11(16)12(17)9-3-2-4-10(7-9)14-8-15/h2-4,7,11-13,16-17H,5-6H2,1H3. The van der Waals surface area contributed by atoms with E-state index in [0.717, 1.165) is 0 Å². The zero-order valence-corrected chi connectivity index (χ0v) is 9.63. The minimum absolute atomic E-state index is 0.414. The van der Waals surface area contributed by atoms with E-state index in [4.69, 9.17) is 0 Å². The molecule has 0 saturated carbocycles. The summed E-state index contributed by atoms with van der Waals surface area (Å²) in [7, 11) is 1.78. The molecular weight excluding hydrogens is 220 g/mol. The average Bonchev–Trinajstić information content (AvgIpc) is 2.35. The highest BCUT2D eigenvalue weighted by Crippen LogP contribution is 2.22. The first-order valence-corrected chi connectivity index (χ1v) is 5.37. The molecule has 2 unspecified atom stereocenters. The van der Waals surface area contributed by atoms with Crippen LogP contribution in [0, 0.1) is 0 Å². The van der Waals surface area contributed by atoms with E-state index in [1.54, 1.807) is 31.3 Å². The van der Waals surface area contributed by atoms with Gasteiger partial charge in [0.1, 0.15) is 6.10 Å². The number of aliphatic imine (C=N–C) groups is 1. The summed E-state index contributed by atoms with van der Waals surface area (Å²) in [5.74, 6) is 0. The van der Waals surface area contributed by atoms with Gasteiger partial charge >= 0.3 is 0 Å². The van der Waals surface area contributed by atoms with Gasteiger partial charge in [0.05, 0.1) is 11.8 Å². The Morgan fingerprint density at radius 2 is 2.24 bits per heavy atom. The van der Waals surface area contributed by atoms with Crippen LogP contribution in [0.2, 0.25) is 0 Å². The fourth-order valence-corrected chi connectivity index (χ4v) is 1.50. The van der Waals surface area contributed by atoms with Crippen molar-refractivity contribution in [1.29, 1.82) is 0 Å². The molecule has 92 valence electrons. The smallest absolute Gasteiger partial charge is 0.240 e. The minimum atomic E-state index is -0.981. The van der Waals surface area contributed by atoms with E-state index in [1.165, 1.54) is 6.08 Å². The van der Waals surface area contributed by atoms with Crippen LogP contribution in [0.5, 0.6) is 0 Å². The molecule has 0 aliphatic heterocycles. The number of benzene rings is 1. The summed E-state index contributed by atoms with van der Waals surface area (Å²) in [5.41, 5.74) is 0.947. The van der Waals surface area contributed by atoms with Crippen LogP contribution in [0.15, 0.2) is 29.3 Å². The van der Waals surface area contributed by atoms with Crippen LogP contribution in [0.25, 0.3) is 0 Å². The van der Waals surface area contributed by atoms with E-state index in [1.807, 2.05) is 0 Å². The average molecular weight is 236 g/mol. The Balaban J connectivity index is 2.77. The summed E-state index contributed by atoms with van der Waals surface area (Å²) >= 11 is 0. The lowest BCUT2D eigenvalue weighted by atomic mass is 10.0. The highest BCUT2D eigenvalue weighted by atomic mass is 16.3. The van der Waals surface area contributed by atoms with Crippen molar-refractivity contribution in [3.63, 3.8) is 0 Å². The van der Waals surface area contributed by atoms with E-state index in [9.17, 15) is 15.0 Å². The van der Waals surface area contributed by atoms with Gasteiger partial charge in [-0.15, -0.1) is 0 Å². The summed E-state index contributed by atoms with van der Waals surface area (Å²) in [6, 6.07) is 6.52. The van der Waals surface area contributed by atoms with Gasteiger partial charge in [0.25, 0.3) is 0 Å². The highest BCUT2D eigenvalue weighted by Gasteiger charge is 2.17. The van der Waals surface area contributed by atoms with E-state index >= 15 is 0 Å². The van der Waals surface area contributed by atoms with Crippen molar-refractivity contribution in [3.8, 4) is 0 Å². The number of hydrogen-bond donors (Lipinski definition) is 3. The van der Waals surface area contributed by atoms with Crippen molar-refractivity contribution < 1.29 is 15.0 Å². The van der Waals surface area contributed by atoms with Gasteiger partial charge in [-0.1, -0.05) is 12.1 Å². The minimum Gasteiger partial charge on any atom is -0.390 e. The van der Waals surface area contributed by atoms with Crippen LogP contribution >= 0.6 is 0 Å². The molecule has 17 heavy (non-hydrogen) atoms. The van der Waals surface area contributed by atoms with Crippen molar-refractivity contribution in [1.82, 2.24) is 5.32 Å². The van der Waals surface area contributed by atoms with Crippen molar-refractivity contribution in [2.24, 2.45) is 4.99 Å². The van der Waals surface area contributed by atoms with Gasteiger partial charge in [0, 0.05) is 0 Å². The van der Waals surface area contributed by atoms with Crippen molar-refractivity contribution in [2.45, 2.75) is 18.6 Å². The molecule has 0 spiro atoms. The summed E-state index contributed by atoms with van der Waals surface area (Å²) in [6.07, 6.45) is 0.0473. The predicted molar refractivity (Wildman–Crippen MR) is 63.7 cm³/mol. The van der Waals surface area contributed by atoms with Crippen LogP contribution < -0.4 is 5.32 Å². The van der Waals surface area contributed by atoms with Crippen LogP contribution in [-0.4, -0.2) is 36.0 Å². The molecular formula is C12H16N2O3. The Bertz CT molecular complexity index is 402. The van der Waals surface area contributed by atoms with Crippen molar-refractivity contribution in [2.75, 3.05) is 13.6 Å². The molecule has 0 aromatic heterocycles. The third-order valence-electron chi connectivity index (χ3n) is 2.44. The maximum absolute atomic E-state index is 10.1. The van der Waals surface area contributed by atoms with E-state index in [2.05, 4.69) is 10.3 Å². The van der Waals surface area contributed by atoms with Gasteiger partial charge in [0.15, 0.2) is 0 Å². The summed E-state index contributed by atoms with van der Waals surface area (Å²) in [5, 5.41) is 22.5. The predicted octanol–water partition coefficient (Wildman–Crippen LogP) is 0.658. The van der Waals surface area contributed by atoms with Gasteiger partial charge < -0.3 is 15.5 Å². The van der Waals surface area contributed by atoms with E-state index < -0.39 is 12.2 Å². The third-order valence-corrected chi connectivity index (χ3v) is 2.44. The lowest BCUT2D eigenvalue weighted by Gasteiger charge is -2.18. The number of aliphatic hydroxyl groups excluding tert-OH is 2. The monoisotopic (exact) mass is 236 g/mol. The van der Waals surface area contributed by atoms with Gasteiger partial charge in [-0.05, 0) is 37.7 Å². The third kappa shape index (κ3) is 4.09. The van der Waals surface area contributed by atoms with Gasteiger partial charge in [-0.3, -0.25) is 0 Å². The Kier molecular flexibility index (Phi) is 5.52. The number of nitrogens with zero attached hydrogens (tertiary/aromatic N) is 1. The number of rotatable bonds is 6. The molecule has 0 heterocycles. The first-order valence-electron chi connectivity index (χ1n) is 5.37. The second kappa shape index (κ2) is 6.93. The highest BCUT2D eigenvalue weighted by molar-refractivity contribution is 5.50. The molecule has 0 amide bonds. The normalized spacial score (nSPS) is 13.8. The largest absolute Gasteiger partial charge is 0.390 e. The molecule has 0 aliphatic rings. The molecule has 5 heteroatoms. The molecule has 2 atom stereocenters. The quantitative estimate of drug-likeness (QED) is 0.500. The molecule has 0 bridgehead atoms. The van der Waals surface area contributed by atoms with Crippen LogP contribution in [0.1, 0.15) is 18.1 Å². The van der Waals surface area contributed by atoms with Crippen LogP contribution in [-0.2, 0) is 4.79 Å². The molecule has 1 aromatic rings. The Labute approximate surface area is 99.8 Å². The maximum atomic E-state index is 10.1. The Morgan fingerprint density at radius 1 is 1.47 bits per heavy atom. The van der Waals surface area contributed by atoms with Crippen LogP contribution in [0.3, 0.4) is 0 Å². The molecule has 0 fully saturated rings. The summed E-state index contributed by atoms with van der Waals surface area (Å²) < 4.78 is 0. The van der Waals surface area contributed by atoms with Gasteiger partial charge in [-0.25, -0.2) is 4.79 Å². The molecule has 5 nitrogen and oxygen atoms in total. The summed E-state index contributed by atoms with van der Waals surface area (Å²) in [6.45, 7) is 0.615. The molecule has 1 rings (SSSR count). The van der Waals surface area contributed by atoms with Crippen LogP contribution in [0.4, 0.5) is 5.69 Å². The lowest BCUT2D eigenvalue weighted by Crippen LogP contribution is -2.23. The Morgan fingerprint density at radius 3 is 2.88 bits per heavy atom. The molecule has 0 saturated heterocycles. The van der Waals surface area contributed by atoms with E-state index in [0.29, 0.717) is 24.2 Å². The lowest BCUT2D eigenvalue weighted by molar-refractivity contribution is 0.0140. The van der Waals surface area contributed by atoms with Crippen molar-refractivity contribution in [3.05, 3.63) is 29.8 Å². The maximum Gasteiger partial charge on any atom is 0.240 e. The first kappa shape index (κ1) is 13.5. The molecule has 0 radical (unpaired) electrons. The Hall–Kier alpha value is -1.52. The molecule has 3 N–H and O–H groups in total. The molecule has 1 aromatic carbocycles. The number of carbonyl (C=O) groups excluding carboxylic acids is 1. The fourth-order valence-electron chi connectivity index (χ4n) is 1.50. The second-order valence-corrected chi connectivity index (χ2v) is 3.70. The number of aliphatic hydroxyl groups is 2. The van der Waals surface area contributed by atoms with Gasteiger partial charge in [0.2, 0.25) is 6.08 Å². The fraction of sp³-hybridized carbons (Fsp3) is 0.417. The van der Waals surface area contributed by atoms with E-state index in [-0.39, 0.29) is 0 Å². The number of hydrogen-bond acceptors (Lipinski definition) is 5. The number of nitrogens with one attached hydrogen (secondary N) is 1. The van der Waals surface area contributed by atoms with Crippen molar-refractivity contribution >= 4 is 11.8 Å². The van der Waals surface area contributed by atoms with Gasteiger partial charge in [-0.2, -0.15) is 4.99 Å². The molecule has 0 aliphatic carbocycles. The SMILES string of the molecule is CNCCC(O)C(O)c1cccc(N=C=O)c1.